The van der Waals surface area contributed by atoms with Crippen LogP contribution in [-0.4, -0.2) is 36.9 Å². The molecule has 1 aromatic carbocycles. The maximum Gasteiger partial charge on any atom is 0.147 e. The van der Waals surface area contributed by atoms with Crippen LogP contribution in [0.2, 0.25) is 0 Å². The fourth-order valence-corrected chi connectivity index (χ4v) is 4.25. The monoisotopic (exact) mass is 324 g/mol. The maximum absolute atomic E-state index is 12.7. The Labute approximate surface area is 143 Å². The number of ether oxygens (including phenoxy) is 1. The molecule has 126 valence electrons. The molecule has 0 amide bonds. The van der Waals surface area contributed by atoms with Gasteiger partial charge in [-0.3, -0.25) is 14.8 Å². The molecule has 1 aromatic rings. The molecule has 0 N–H and O–H groups in total. The summed E-state index contributed by atoms with van der Waals surface area (Å²) in [6.45, 7) is 0. The van der Waals surface area contributed by atoms with Crippen LogP contribution in [0.1, 0.15) is 50.0 Å². The summed E-state index contributed by atoms with van der Waals surface area (Å²) >= 11 is 0. The lowest BCUT2D eigenvalue weighted by Crippen LogP contribution is -2.34. The van der Waals surface area contributed by atoms with E-state index >= 15 is 0 Å². The lowest BCUT2D eigenvalue weighted by atomic mass is 9.76. The summed E-state index contributed by atoms with van der Waals surface area (Å²) in [4.78, 5) is 22.4. The van der Waals surface area contributed by atoms with E-state index in [0.717, 1.165) is 30.7 Å². The Hall–Kier alpha value is -1.97. The highest BCUT2D eigenvalue weighted by atomic mass is 16.5. The van der Waals surface area contributed by atoms with Gasteiger partial charge in [-0.05, 0) is 42.9 Å². The molecule has 3 aliphatic rings. The molecular formula is C20H24N2O2. The molecule has 0 saturated heterocycles. The number of aliphatic imine (C=N–C) groups is 2. The number of hydrogen-bond donors (Lipinski definition) is 0. The molecule has 0 spiro atoms. The summed E-state index contributed by atoms with van der Waals surface area (Å²) in [5.74, 6) is 1.17. The summed E-state index contributed by atoms with van der Waals surface area (Å²) in [6, 6.07) is 8.68. The van der Waals surface area contributed by atoms with Crippen LogP contribution < -0.4 is 4.74 Å². The molecule has 4 heteroatoms. The smallest absolute Gasteiger partial charge is 0.147 e. The van der Waals surface area contributed by atoms with E-state index in [1.165, 1.54) is 18.4 Å². The zero-order valence-electron chi connectivity index (χ0n) is 14.1. The number of benzene rings is 1. The highest BCUT2D eigenvalue weighted by molar-refractivity contribution is 6.18. The first-order chi connectivity index (χ1) is 11.7. The highest BCUT2D eigenvalue weighted by Crippen LogP contribution is 2.35. The second-order valence-electron chi connectivity index (χ2n) is 7.16. The molecule has 4 nitrogen and oxygen atoms in total. The van der Waals surface area contributed by atoms with Gasteiger partial charge in [-0.2, -0.15) is 0 Å². The quantitative estimate of drug-likeness (QED) is 0.834. The van der Waals surface area contributed by atoms with Crippen LogP contribution in [-0.2, 0) is 4.79 Å². The van der Waals surface area contributed by atoms with Gasteiger partial charge < -0.3 is 4.74 Å². The first-order valence-corrected chi connectivity index (χ1v) is 9.01. The van der Waals surface area contributed by atoms with Crippen molar-refractivity contribution in [1.82, 2.24) is 0 Å². The van der Waals surface area contributed by atoms with Crippen LogP contribution in [0.3, 0.4) is 0 Å². The first kappa shape index (κ1) is 15.6. The van der Waals surface area contributed by atoms with Gasteiger partial charge >= 0.3 is 0 Å². The van der Waals surface area contributed by atoms with Gasteiger partial charge in [0.1, 0.15) is 11.5 Å². The normalized spacial score (nSPS) is 32.4. The summed E-state index contributed by atoms with van der Waals surface area (Å²) < 4.78 is 5.23. The van der Waals surface area contributed by atoms with E-state index < -0.39 is 0 Å². The zero-order valence-corrected chi connectivity index (χ0v) is 14.1. The zero-order chi connectivity index (χ0) is 16.5. The summed E-state index contributed by atoms with van der Waals surface area (Å²) in [6.07, 6.45) is 8.04. The van der Waals surface area contributed by atoms with Gasteiger partial charge in [0.2, 0.25) is 0 Å². The molecule has 1 unspecified atom stereocenters. The number of Topliss-reactive ketones (excluding diaryl/α,β-unsaturated/α-hetero) is 1. The van der Waals surface area contributed by atoms with Crippen molar-refractivity contribution in [2.45, 2.75) is 56.5 Å². The van der Waals surface area contributed by atoms with E-state index in [9.17, 15) is 4.79 Å². The molecule has 4 rings (SSSR count). The molecule has 1 aliphatic heterocycles. The number of carbonyl (C=O) groups is 1. The molecule has 24 heavy (non-hydrogen) atoms. The summed E-state index contributed by atoms with van der Waals surface area (Å²) in [7, 11) is 1.67. The Balaban J connectivity index is 1.60. The largest absolute Gasteiger partial charge is 0.497 e. The van der Waals surface area contributed by atoms with Crippen molar-refractivity contribution in [2.75, 3.05) is 7.11 Å². The Kier molecular flexibility index (Phi) is 4.21. The first-order valence-electron chi connectivity index (χ1n) is 9.01. The Morgan fingerprint density at radius 1 is 1.04 bits per heavy atom. The van der Waals surface area contributed by atoms with E-state index in [1.807, 2.05) is 18.3 Å². The predicted molar refractivity (Wildman–Crippen MR) is 95.4 cm³/mol. The van der Waals surface area contributed by atoms with Crippen LogP contribution in [0, 0.1) is 5.92 Å². The van der Waals surface area contributed by atoms with E-state index in [2.05, 4.69) is 12.1 Å². The van der Waals surface area contributed by atoms with E-state index in [0.29, 0.717) is 12.5 Å². The molecule has 0 aromatic heterocycles. The van der Waals surface area contributed by atoms with Crippen molar-refractivity contribution >= 4 is 17.7 Å². The fourth-order valence-electron chi connectivity index (χ4n) is 4.25. The Bertz CT molecular complexity index is 677. The highest BCUT2D eigenvalue weighted by Gasteiger charge is 2.37. The van der Waals surface area contributed by atoms with Gasteiger partial charge in [0.15, 0.2) is 0 Å². The van der Waals surface area contributed by atoms with Crippen molar-refractivity contribution < 1.29 is 9.53 Å². The topological polar surface area (TPSA) is 51.0 Å². The minimum Gasteiger partial charge on any atom is -0.497 e. The fraction of sp³-hybridized carbons (Fsp3) is 0.550. The van der Waals surface area contributed by atoms with Crippen LogP contribution in [0.5, 0.6) is 5.75 Å². The number of rotatable bonds is 2. The van der Waals surface area contributed by atoms with Gasteiger partial charge in [-0.15, -0.1) is 0 Å². The third-order valence-electron chi connectivity index (χ3n) is 5.65. The van der Waals surface area contributed by atoms with Gasteiger partial charge in [-0.25, -0.2) is 0 Å². The number of ketones is 1. The molecular weight excluding hydrogens is 300 g/mol. The average molecular weight is 324 g/mol. The van der Waals surface area contributed by atoms with Crippen molar-refractivity contribution in [1.29, 1.82) is 0 Å². The molecule has 0 radical (unpaired) electrons. The number of fused-ring (bicyclic) bond motifs is 2. The van der Waals surface area contributed by atoms with Gasteiger partial charge in [-0.1, -0.05) is 25.0 Å². The number of nitrogens with zero attached hydrogens (tertiary/aromatic N) is 2. The van der Waals surface area contributed by atoms with E-state index in [-0.39, 0.29) is 23.7 Å². The second kappa shape index (κ2) is 6.50. The molecule has 2 saturated carbocycles. The summed E-state index contributed by atoms with van der Waals surface area (Å²) in [5.41, 5.74) is 2.26. The van der Waals surface area contributed by atoms with Crippen LogP contribution >= 0.6 is 0 Å². The van der Waals surface area contributed by atoms with Crippen LogP contribution in [0.25, 0.3) is 0 Å². The Morgan fingerprint density at radius 3 is 2.54 bits per heavy atom. The van der Waals surface area contributed by atoms with Gasteiger partial charge in [0.05, 0.1) is 25.1 Å². The van der Waals surface area contributed by atoms with Crippen LogP contribution in [0.4, 0.5) is 0 Å². The Morgan fingerprint density at radius 2 is 1.79 bits per heavy atom. The molecule has 1 heterocycles. The molecule has 2 fully saturated rings. The lowest BCUT2D eigenvalue weighted by Gasteiger charge is -2.28. The van der Waals surface area contributed by atoms with Gasteiger partial charge in [0.25, 0.3) is 0 Å². The number of carbonyl (C=O) groups excluding carboxylic acids is 1. The lowest BCUT2D eigenvalue weighted by molar-refractivity contribution is -0.120. The van der Waals surface area contributed by atoms with Crippen molar-refractivity contribution in [2.24, 2.45) is 15.9 Å². The molecule has 4 atom stereocenters. The van der Waals surface area contributed by atoms with Gasteiger partial charge in [0, 0.05) is 18.3 Å². The molecule has 0 bridgehead atoms. The number of methoxy groups -OCH3 is 1. The van der Waals surface area contributed by atoms with Crippen molar-refractivity contribution in [3.8, 4) is 5.75 Å². The van der Waals surface area contributed by atoms with Crippen molar-refractivity contribution in [3.05, 3.63) is 29.8 Å². The van der Waals surface area contributed by atoms with Crippen LogP contribution in [0.15, 0.2) is 34.3 Å². The SMILES string of the molecule is COc1ccc([C@H]2CC(=O)C3C=N[C@H]4CCCC[C@@H]4N=C3C2)cc1. The van der Waals surface area contributed by atoms with Crippen molar-refractivity contribution in [3.63, 3.8) is 0 Å². The predicted octanol–water partition coefficient (Wildman–Crippen LogP) is 3.59. The van der Waals surface area contributed by atoms with E-state index in [4.69, 9.17) is 14.7 Å². The third kappa shape index (κ3) is 2.90. The third-order valence-corrected chi connectivity index (χ3v) is 5.65. The van der Waals surface area contributed by atoms with E-state index in [1.54, 1.807) is 7.11 Å². The minimum absolute atomic E-state index is 0.176. The number of hydrogen-bond acceptors (Lipinski definition) is 4. The average Bonchev–Trinajstić information content (AvgIpc) is 2.81. The minimum atomic E-state index is -0.176. The summed E-state index contributed by atoms with van der Waals surface area (Å²) in [5, 5.41) is 0. The molecule has 2 aliphatic carbocycles. The maximum atomic E-state index is 12.7. The standard InChI is InChI=1S/C20H24N2O2/c1-24-15-8-6-13(7-9-15)14-10-19-16(20(23)11-14)12-21-17-4-2-3-5-18(17)22-19/h6-9,12,14,16-18H,2-5,10-11H2,1H3/t14-,16?,17+,18+/m1/s1. The second-order valence-corrected chi connectivity index (χ2v) is 7.16.